The Labute approximate surface area is 116 Å². The van der Waals surface area contributed by atoms with Gasteiger partial charge in [0.05, 0.1) is 5.39 Å². The van der Waals surface area contributed by atoms with E-state index in [1.54, 1.807) is 6.07 Å². The van der Waals surface area contributed by atoms with Crippen molar-refractivity contribution < 1.29 is 4.92 Å². The van der Waals surface area contributed by atoms with Gasteiger partial charge < -0.3 is 20.7 Å². The smallest absolute Gasteiger partial charge is 0.371 e. The third-order valence-electron chi connectivity index (χ3n) is 3.66. The van der Waals surface area contributed by atoms with E-state index in [2.05, 4.69) is 15.6 Å². The summed E-state index contributed by atoms with van der Waals surface area (Å²) in [5, 5.41) is 19.3. The van der Waals surface area contributed by atoms with Gasteiger partial charge in [-0.15, -0.1) is 0 Å². The summed E-state index contributed by atoms with van der Waals surface area (Å²) in [5.74, 6) is -0.0866. The van der Waals surface area contributed by atoms with Crippen LogP contribution < -0.4 is 10.6 Å². The van der Waals surface area contributed by atoms with Crippen molar-refractivity contribution in [1.82, 2.24) is 10.3 Å². The Morgan fingerprint density at radius 1 is 1.25 bits per heavy atom. The Morgan fingerprint density at radius 3 is 2.80 bits per heavy atom. The lowest BCUT2D eigenvalue weighted by Gasteiger charge is -2.25. The van der Waals surface area contributed by atoms with Crippen LogP contribution >= 0.6 is 0 Å². The molecule has 0 saturated carbocycles. The number of anilines is 1. The summed E-state index contributed by atoms with van der Waals surface area (Å²) >= 11 is 0. The first-order chi connectivity index (χ1) is 9.75. The van der Waals surface area contributed by atoms with Crippen LogP contribution in [0.2, 0.25) is 0 Å². The Bertz CT molecular complexity index is 638. The van der Waals surface area contributed by atoms with Gasteiger partial charge in [0.1, 0.15) is 6.20 Å². The number of piperidine rings is 1. The molecule has 2 aromatic rings. The number of rotatable bonds is 3. The quantitative estimate of drug-likeness (QED) is 0.662. The maximum absolute atomic E-state index is 11.0. The van der Waals surface area contributed by atoms with Crippen molar-refractivity contribution >= 4 is 22.3 Å². The van der Waals surface area contributed by atoms with Crippen molar-refractivity contribution in [2.75, 3.05) is 18.4 Å². The number of fused-ring (bicyclic) bond motifs is 1. The van der Waals surface area contributed by atoms with Crippen LogP contribution in [0.15, 0.2) is 30.5 Å². The molecule has 1 fully saturated rings. The van der Waals surface area contributed by atoms with E-state index >= 15 is 0 Å². The molecule has 0 spiro atoms. The Kier molecular flexibility index (Phi) is 3.47. The van der Waals surface area contributed by atoms with Gasteiger partial charge in [-0.1, -0.05) is 6.07 Å². The van der Waals surface area contributed by atoms with E-state index in [4.69, 9.17) is 0 Å². The molecule has 2 heterocycles. The summed E-state index contributed by atoms with van der Waals surface area (Å²) in [5.41, 5.74) is 0.944. The molecule has 1 aromatic carbocycles. The molecule has 104 valence electrons. The number of nitrogens with one attached hydrogen (secondary N) is 2. The minimum atomic E-state index is -0.434. The Morgan fingerprint density at radius 2 is 2.05 bits per heavy atom. The van der Waals surface area contributed by atoms with Crippen LogP contribution in [-0.2, 0) is 0 Å². The summed E-state index contributed by atoms with van der Waals surface area (Å²) in [6.07, 6.45) is 3.61. The normalized spacial score (nSPS) is 16.2. The van der Waals surface area contributed by atoms with E-state index in [-0.39, 0.29) is 5.82 Å². The molecule has 3 rings (SSSR count). The number of nitrogens with zero attached hydrogens (tertiary/aromatic N) is 2. The highest BCUT2D eigenvalue weighted by Crippen LogP contribution is 2.29. The molecule has 6 heteroatoms. The number of hydrogen-bond donors (Lipinski definition) is 2. The molecule has 0 radical (unpaired) electrons. The standard InChI is InChI=1S/C14H16N4O2/c19-18(20)14-12-2-1-3-13(11(12)6-9-16-14)17-10-4-7-15-8-5-10/h1-3,6,9-10,15,17H,4-5,7-8H2. The van der Waals surface area contributed by atoms with E-state index in [1.807, 2.05) is 18.2 Å². The Hall–Kier alpha value is -2.21. The topological polar surface area (TPSA) is 80.1 Å². The molecule has 0 aliphatic carbocycles. The van der Waals surface area contributed by atoms with Crippen LogP contribution in [0.1, 0.15) is 12.8 Å². The number of pyridine rings is 1. The van der Waals surface area contributed by atoms with Crippen molar-refractivity contribution in [2.24, 2.45) is 0 Å². The second kappa shape index (κ2) is 5.42. The van der Waals surface area contributed by atoms with Crippen molar-refractivity contribution in [3.8, 4) is 0 Å². The fraction of sp³-hybridized carbons (Fsp3) is 0.357. The van der Waals surface area contributed by atoms with Crippen molar-refractivity contribution in [3.63, 3.8) is 0 Å². The highest BCUT2D eigenvalue weighted by molar-refractivity contribution is 5.98. The molecule has 1 aliphatic rings. The van der Waals surface area contributed by atoms with Gasteiger partial charge in [-0.25, -0.2) is 0 Å². The van der Waals surface area contributed by atoms with E-state index in [0.29, 0.717) is 11.4 Å². The third kappa shape index (κ3) is 2.42. The maximum atomic E-state index is 11.0. The van der Waals surface area contributed by atoms with Gasteiger partial charge in [-0.3, -0.25) is 0 Å². The first-order valence-electron chi connectivity index (χ1n) is 6.75. The predicted molar refractivity (Wildman–Crippen MR) is 77.9 cm³/mol. The fourth-order valence-corrected chi connectivity index (χ4v) is 2.65. The van der Waals surface area contributed by atoms with Gasteiger partial charge in [0.2, 0.25) is 0 Å². The lowest BCUT2D eigenvalue weighted by molar-refractivity contribution is -0.387. The van der Waals surface area contributed by atoms with Crippen LogP contribution in [0.4, 0.5) is 11.5 Å². The predicted octanol–water partition coefficient (Wildman–Crippen LogP) is 2.31. The molecule has 1 aliphatic heterocycles. The van der Waals surface area contributed by atoms with Gasteiger partial charge in [-0.2, -0.15) is 0 Å². The molecule has 0 bridgehead atoms. The van der Waals surface area contributed by atoms with Gasteiger partial charge in [0.25, 0.3) is 0 Å². The van der Waals surface area contributed by atoms with Crippen molar-refractivity contribution in [1.29, 1.82) is 0 Å². The van der Waals surface area contributed by atoms with Crippen LogP contribution in [0.3, 0.4) is 0 Å². The summed E-state index contributed by atoms with van der Waals surface area (Å²) in [4.78, 5) is 14.5. The molecular weight excluding hydrogens is 256 g/mol. The maximum Gasteiger partial charge on any atom is 0.371 e. The molecule has 2 N–H and O–H groups in total. The van der Waals surface area contributed by atoms with Crippen LogP contribution in [0.25, 0.3) is 10.8 Å². The van der Waals surface area contributed by atoms with Crippen molar-refractivity contribution in [3.05, 3.63) is 40.6 Å². The number of aromatic nitrogens is 1. The molecule has 0 unspecified atom stereocenters. The van der Waals surface area contributed by atoms with E-state index in [0.717, 1.165) is 37.0 Å². The first-order valence-corrected chi connectivity index (χ1v) is 6.75. The number of benzene rings is 1. The summed E-state index contributed by atoms with van der Waals surface area (Å²) in [6.45, 7) is 2.01. The van der Waals surface area contributed by atoms with E-state index < -0.39 is 4.92 Å². The number of nitro groups is 1. The van der Waals surface area contributed by atoms with Crippen LogP contribution in [0.5, 0.6) is 0 Å². The highest BCUT2D eigenvalue weighted by atomic mass is 16.6. The monoisotopic (exact) mass is 272 g/mol. The summed E-state index contributed by atoms with van der Waals surface area (Å²) in [7, 11) is 0. The summed E-state index contributed by atoms with van der Waals surface area (Å²) in [6, 6.07) is 7.78. The Balaban J connectivity index is 1.98. The minimum Gasteiger partial charge on any atom is -0.382 e. The van der Waals surface area contributed by atoms with Crippen LogP contribution in [-0.4, -0.2) is 29.0 Å². The zero-order valence-electron chi connectivity index (χ0n) is 11.0. The molecule has 20 heavy (non-hydrogen) atoms. The molecule has 1 saturated heterocycles. The average Bonchev–Trinajstić information content (AvgIpc) is 2.48. The zero-order valence-corrected chi connectivity index (χ0v) is 11.0. The molecule has 0 amide bonds. The molecule has 6 nitrogen and oxygen atoms in total. The SMILES string of the molecule is O=[N+]([O-])c1nccc2c(NC3CCNCC3)cccc12. The van der Waals surface area contributed by atoms with Gasteiger partial charge in [0.15, 0.2) is 0 Å². The van der Waals surface area contributed by atoms with Crippen molar-refractivity contribution in [2.45, 2.75) is 18.9 Å². The van der Waals surface area contributed by atoms with Gasteiger partial charge >= 0.3 is 5.82 Å². The minimum absolute atomic E-state index is 0.0866. The van der Waals surface area contributed by atoms with Crippen LogP contribution in [0, 0.1) is 10.1 Å². The lowest BCUT2D eigenvalue weighted by atomic mass is 10.0. The zero-order chi connectivity index (χ0) is 13.9. The van der Waals surface area contributed by atoms with Gasteiger partial charge in [-0.05, 0) is 54.0 Å². The molecular formula is C14H16N4O2. The second-order valence-corrected chi connectivity index (χ2v) is 4.96. The fourth-order valence-electron chi connectivity index (χ4n) is 2.65. The first kappa shape index (κ1) is 12.8. The molecule has 0 atom stereocenters. The largest absolute Gasteiger partial charge is 0.382 e. The van der Waals surface area contributed by atoms with Gasteiger partial charge in [0, 0.05) is 17.1 Å². The average molecular weight is 272 g/mol. The summed E-state index contributed by atoms with van der Waals surface area (Å²) < 4.78 is 0. The van der Waals surface area contributed by atoms with E-state index in [9.17, 15) is 10.1 Å². The second-order valence-electron chi connectivity index (χ2n) is 4.96. The highest BCUT2D eigenvalue weighted by Gasteiger charge is 2.17. The lowest BCUT2D eigenvalue weighted by Crippen LogP contribution is -2.35. The molecule has 1 aromatic heterocycles. The van der Waals surface area contributed by atoms with E-state index in [1.165, 1.54) is 6.20 Å². The number of hydrogen-bond acceptors (Lipinski definition) is 5. The third-order valence-corrected chi connectivity index (χ3v) is 3.66.